The van der Waals surface area contributed by atoms with Crippen molar-refractivity contribution in [3.63, 3.8) is 0 Å². The van der Waals surface area contributed by atoms with Gasteiger partial charge in [0, 0.05) is 25.6 Å². The van der Waals surface area contributed by atoms with Gasteiger partial charge in [0.25, 0.3) is 11.1 Å². The van der Waals surface area contributed by atoms with Gasteiger partial charge < -0.3 is 4.74 Å². The van der Waals surface area contributed by atoms with Crippen LogP contribution in [-0.4, -0.2) is 16.0 Å². The fourth-order valence-electron chi connectivity index (χ4n) is 3.94. The number of carbonyl (C=O) groups excluding carboxylic acids is 2. The Morgan fingerprint density at radius 1 is 0.917 bits per heavy atom. The van der Waals surface area contributed by atoms with Crippen molar-refractivity contribution in [2.45, 2.75) is 13.2 Å². The summed E-state index contributed by atoms with van der Waals surface area (Å²) < 4.78 is 6.85. The number of nitrogens with zero attached hydrogens (tertiary/aromatic N) is 1. The van der Waals surface area contributed by atoms with E-state index in [-0.39, 0.29) is 24.3 Å². The Balaban J connectivity index is 1.39. The number of benzene rings is 4. The van der Waals surface area contributed by atoms with Crippen molar-refractivity contribution in [2.75, 3.05) is 0 Å². The minimum atomic E-state index is -0.329. The Morgan fingerprint density at radius 2 is 1.72 bits per heavy atom. The van der Waals surface area contributed by atoms with Gasteiger partial charge in [-0.15, -0.1) is 0 Å². The first-order valence-corrected chi connectivity index (χ1v) is 13.3. The van der Waals surface area contributed by atoms with Crippen LogP contribution in [0.25, 0.3) is 16.8 Å². The molecule has 4 aromatic carbocycles. The van der Waals surface area contributed by atoms with Crippen LogP contribution in [0.4, 0.5) is 4.79 Å². The lowest BCUT2D eigenvalue weighted by Gasteiger charge is -2.14. The van der Waals surface area contributed by atoms with Crippen molar-refractivity contribution in [1.29, 1.82) is 0 Å². The number of thioether (sulfide) groups is 1. The van der Waals surface area contributed by atoms with Crippen molar-refractivity contribution >= 4 is 78.9 Å². The second kappa shape index (κ2) is 10.7. The number of fused-ring (bicyclic) bond motifs is 1. The first-order chi connectivity index (χ1) is 17.4. The molecule has 1 saturated heterocycles. The minimum absolute atomic E-state index is 0.209. The van der Waals surface area contributed by atoms with Crippen LogP contribution in [0, 0.1) is 0 Å². The topological polar surface area (TPSA) is 46.6 Å². The molecular weight excluding hydrogens is 581 g/mol. The number of hydrogen-bond acceptors (Lipinski definition) is 4. The average molecular weight is 599 g/mol. The highest BCUT2D eigenvalue weighted by Gasteiger charge is 2.35. The van der Waals surface area contributed by atoms with Gasteiger partial charge in [-0.2, -0.15) is 0 Å². The van der Waals surface area contributed by atoms with Crippen molar-refractivity contribution in [2.24, 2.45) is 0 Å². The SMILES string of the molecule is O=C1S/C(=C\c2cc(Br)ccc2OCc2ccc(Cl)cc2Cl)C(=O)N1Cc1cccc2ccccc12. The first-order valence-electron chi connectivity index (χ1n) is 11.0. The monoisotopic (exact) mass is 597 g/mol. The van der Waals surface area contributed by atoms with E-state index in [9.17, 15) is 9.59 Å². The molecule has 36 heavy (non-hydrogen) atoms. The van der Waals surface area contributed by atoms with Crippen LogP contribution in [0.1, 0.15) is 16.7 Å². The van der Waals surface area contributed by atoms with Crippen molar-refractivity contribution in [3.8, 4) is 5.75 Å². The maximum atomic E-state index is 13.2. The maximum absolute atomic E-state index is 13.2. The predicted octanol–water partition coefficient (Wildman–Crippen LogP) is 8.72. The molecule has 0 aliphatic carbocycles. The second-order valence-corrected chi connectivity index (χ2v) is 10.9. The third-order valence-corrected chi connectivity index (χ3v) is 7.73. The molecule has 2 amide bonds. The zero-order chi connectivity index (χ0) is 25.2. The molecule has 0 radical (unpaired) electrons. The molecule has 5 rings (SSSR count). The summed E-state index contributed by atoms with van der Waals surface area (Å²) in [7, 11) is 0. The quantitative estimate of drug-likeness (QED) is 0.208. The fourth-order valence-corrected chi connectivity index (χ4v) is 5.61. The highest BCUT2D eigenvalue weighted by molar-refractivity contribution is 9.10. The lowest BCUT2D eigenvalue weighted by molar-refractivity contribution is -0.123. The van der Waals surface area contributed by atoms with Gasteiger partial charge in [-0.25, -0.2) is 0 Å². The van der Waals surface area contributed by atoms with E-state index in [0.29, 0.717) is 26.3 Å². The van der Waals surface area contributed by atoms with Crippen molar-refractivity contribution in [3.05, 3.63) is 115 Å². The molecule has 0 bridgehead atoms. The van der Waals surface area contributed by atoms with Crippen LogP contribution in [-0.2, 0) is 17.9 Å². The lowest BCUT2D eigenvalue weighted by Crippen LogP contribution is -2.27. The largest absolute Gasteiger partial charge is 0.488 e. The van der Waals surface area contributed by atoms with Crippen LogP contribution in [0.2, 0.25) is 10.0 Å². The molecule has 0 saturated carbocycles. The first kappa shape index (κ1) is 24.9. The Kier molecular flexibility index (Phi) is 7.39. The van der Waals surface area contributed by atoms with Gasteiger partial charge in [0.2, 0.25) is 0 Å². The normalized spacial score (nSPS) is 14.8. The number of amides is 2. The van der Waals surface area contributed by atoms with Crippen molar-refractivity contribution in [1.82, 2.24) is 4.90 Å². The zero-order valence-electron chi connectivity index (χ0n) is 18.7. The van der Waals surface area contributed by atoms with E-state index in [4.69, 9.17) is 27.9 Å². The number of halogens is 3. The minimum Gasteiger partial charge on any atom is -0.488 e. The maximum Gasteiger partial charge on any atom is 0.293 e. The molecule has 0 spiro atoms. The van der Waals surface area contributed by atoms with E-state index in [1.54, 1.807) is 24.3 Å². The number of rotatable bonds is 6. The fraction of sp³-hybridized carbons (Fsp3) is 0.0714. The van der Waals surface area contributed by atoms with Crippen LogP contribution in [0.5, 0.6) is 5.75 Å². The summed E-state index contributed by atoms with van der Waals surface area (Å²) in [4.78, 5) is 27.7. The van der Waals surface area contributed by atoms with Crippen LogP contribution >= 0.6 is 50.9 Å². The Bertz CT molecular complexity index is 1530. The van der Waals surface area contributed by atoms with E-state index in [1.165, 1.54) is 4.90 Å². The van der Waals surface area contributed by atoms with E-state index in [1.807, 2.05) is 60.7 Å². The second-order valence-electron chi connectivity index (χ2n) is 8.11. The van der Waals surface area contributed by atoms with Gasteiger partial charge in [-0.3, -0.25) is 14.5 Å². The van der Waals surface area contributed by atoms with Crippen LogP contribution < -0.4 is 4.74 Å². The summed E-state index contributed by atoms with van der Waals surface area (Å²) in [6.07, 6.45) is 1.69. The highest BCUT2D eigenvalue weighted by Crippen LogP contribution is 2.36. The molecule has 0 atom stereocenters. The molecule has 1 aliphatic rings. The molecule has 1 heterocycles. The third-order valence-electron chi connectivity index (χ3n) is 5.74. The average Bonchev–Trinajstić information content (AvgIpc) is 3.12. The Hall–Kier alpha value is -2.77. The molecule has 4 aromatic rings. The number of ether oxygens (including phenoxy) is 1. The Labute approximate surface area is 231 Å². The zero-order valence-corrected chi connectivity index (χ0v) is 22.6. The molecular formula is C28H18BrCl2NO3S. The van der Waals surface area contributed by atoms with Crippen molar-refractivity contribution < 1.29 is 14.3 Å². The Morgan fingerprint density at radius 3 is 2.56 bits per heavy atom. The van der Waals surface area contributed by atoms with Crippen LogP contribution in [0.15, 0.2) is 88.2 Å². The number of hydrogen-bond donors (Lipinski definition) is 0. The molecule has 0 unspecified atom stereocenters. The molecule has 1 aliphatic heterocycles. The third kappa shape index (κ3) is 5.32. The van der Waals surface area contributed by atoms with E-state index in [0.717, 1.165) is 38.1 Å². The smallest absolute Gasteiger partial charge is 0.293 e. The molecule has 8 heteroatoms. The van der Waals surface area contributed by atoms with E-state index in [2.05, 4.69) is 15.9 Å². The summed E-state index contributed by atoms with van der Waals surface area (Å²) in [5.41, 5.74) is 2.37. The number of carbonyl (C=O) groups is 2. The number of imide groups is 1. The molecule has 0 aromatic heterocycles. The predicted molar refractivity (Wildman–Crippen MR) is 150 cm³/mol. The van der Waals surface area contributed by atoms with Gasteiger partial charge in [-0.05, 0) is 64.5 Å². The molecule has 0 N–H and O–H groups in total. The summed E-state index contributed by atoms with van der Waals surface area (Å²) >= 11 is 16.7. The summed E-state index contributed by atoms with van der Waals surface area (Å²) in [5, 5.41) is 2.84. The summed E-state index contributed by atoms with van der Waals surface area (Å²) in [5.74, 6) is 0.231. The molecule has 1 fully saturated rings. The van der Waals surface area contributed by atoms with E-state index < -0.39 is 0 Å². The van der Waals surface area contributed by atoms with Gasteiger partial charge in [0.15, 0.2) is 0 Å². The highest BCUT2D eigenvalue weighted by atomic mass is 79.9. The summed E-state index contributed by atoms with van der Waals surface area (Å²) in [6, 6.07) is 24.5. The van der Waals surface area contributed by atoms with E-state index >= 15 is 0 Å². The van der Waals surface area contributed by atoms with Gasteiger partial charge in [-0.1, -0.05) is 87.7 Å². The van der Waals surface area contributed by atoms with Gasteiger partial charge >= 0.3 is 0 Å². The molecule has 4 nitrogen and oxygen atoms in total. The van der Waals surface area contributed by atoms with Crippen LogP contribution in [0.3, 0.4) is 0 Å². The standard InChI is InChI=1S/C28H18BrCl2NO3S/c29-21-9-11-25(35-16-19-8-10-22(30)14-24(19)31)20(12-21)13-26-27(33)32(28(34)36-26)15-18-6-3-5-17-4-1-2-7-23(17)18/h1-14H,15-16H2/b26-13-. The lowest BCUT2D eigenvalue weighted by atomic mass is 10.0. The van der Waals surface area contributed by atoms with Gasteiger partial charge in [0.1, 0.15) is 12.4 Å². The summed E-state index contributed by atoms with van der Waals surface area (Å²) in [6.45, 7) is 0.432. The van der Waals surface area contributed by atoms with Gasteiger partial charge in [0.05, 0.1) is 11.4 Å². The molecule has 180 valence electrons.